The van der Waals surface area contributed by atoms with Crippen molar-refractivity contribution < 1.29 is 8.42 Å². The molecule has 0 fully saturated rings. The Labute approximate surface area is 156 Å². The Hall–Kier alpha value is -1.85. The Kier molecular flexibility index (Phi) is 3.76. The lowest BCUT2D eigenvalue weighted by atomic mass is 9.92. The number of hydrogen-bond acceptors (Lipinski definition) is 4. The Morgan fingerprint density at radius 1 is 0.962 bits per heavy atom. The number of rotatable bonds is 1. The molecule has 4 rings (SSSR count). The summed E-state index contributed by atoms with van der Waals surface area (Å²) in [5, 5.41) is 0. The van der Waals surface area contributed by atoms with Gasteiger partial charge in [-0.25, -0.2) is 8.42 Å². The molecule has 2 aromatic rings. The molecule has 0 saturated heterocycles. The third kappa shape index (κ3) is 2.13. The van der Waals surface area contributed by atoms with Gasteiger partial charge < -0.3 is 4.90 Å². The van der Waals surface area contributed by atoms with Gasteiger partial charge >= 0.3 is 0 Å². The maximum absolute atomic E-state index is 13.6. The van der Waals surface area contributed by atoms with E-state index < -0.39 is 9.84 Å². The normalized spacial score (nSPS) is 17.8. The van der Waals surface area contributed by atoms with Crippen LogP contribution < -0.4 is 4.90 Å². The summed E-state index contributed by atoms with van der Waals surface area (Å²) in [4.78, 5) is 5.51. The first kappa shape index (κ1) is 17.6. The van der Waals surface area contributed by atoms with E-state index in [1.165, 1.54) is 0 Å². The summed E-state index contributed by atoms with van der Waals surface area (Å²) < 4.78 is 27.2. The van der Waals surface area contributed by atoms with Crippen LogP contribution in [0.2, 0.25) is 0 Å². The average Bonchev–Trinajstić information content (AvgIpc) is 2.78. The Balaban J connectivity index is 2.13. The molecule has 0 aromatic heterocycles. The molecular weight excluding hydrogens is 344 g/mol. The molecule has 0 saturated carbocycles. The summed E-state index contributed by atoms with van der Waals surface area (Å²) >= 11 is 0. The highest BCUT2D eigenvalue weighted by Gasteiger charge is 2.40. The molecule has 2 aromatic carbocycles. The predicted molar refractivity (Wildman–Crippen MR) is 106 cm³/mol. The summed E-state index contributed by atoms with van der Waals surface area (Å²) in [6, 6.07) is 4.14. The highest BCUT2D eigenvalue weighted by molar-refractivity contribution is 7.92. The van der Waals surface area contributed by atoms with Crippen molar-refractivity contribution in [2.24, 2.45) is 0 Å². The van der Waals surface area contributed by atoms with E-state index in [0.29, 0.717) is 16.3 Å². The van der Waals surface area contributed by atoms with Crippen molar-refractivity contribution in [1.82, 2.24) is 4.90 Å². The van der Waals surface area contributed by atoms with Gasteiger partial charge in [0.25, 0.3) is 0 Å². The van der Waals surface area contributed by atoms with Crippen molar-refractivity contribution >= 4 is 15.5 Å². The molecular formula is C21H26N2O2S. The largest absolute Gasteiger partial charge is 0.358 e. The summed E-state index contributed by atoms with van der Waals surface area (Å²) in [6.07, 6.45) is 0. The molecule has 0 amide bonds. The summed E-state index contributed by atoms with van der Waals surface area (Å²) in [6.45, 7) is 12.6. The fraction of sp³-hybridized carbons (Fsp3) is 0.429. The monoisotopic (exact) mass is 370 g/mol. The van der Waals surface area contributed by atoms with Crippen LogP contribution in [0.4, 0.5) is 5.69 Å². The van der Waals surface area contributed by atoms with E-state index in [9.17, 15) is 8.42 Å². The lowest BCUT2D eigenvalue weighted by Crippen LogP contribution is -2.41. The van der Waals surface area contributed by atoms with Crippen LogP contribution in [-0.2, 0) is 16.4 Å². The molecule has 138 valence electrons. The number of hydrogen-bond donors (Lipinski definition) is 0. The number of sulfone groups is 1. The second kappa shape index (κ2) is 5.57. The van der Waals surface area contributed by atoms with Crippen LogP contribution in [0.5, 0.6) is 0 Å². The second-order valence-corrected chi connectivity index (χ2v) is 9.56. The van der Waals surface area contributed by atoms with Crippen molar-refractivity contribution in [2.75, 3.05) is 25.2 Å². The molecule has 0 aliphatic carbocycles. The number of anilines is 1. The van der Waals surface area contributed by atoms with Gasteiger partial charge in [0.1, 0.15) is 0 Å². The summed E-state index contributed by atoms with van der Waals surface area (Å²) in [7, 11) is -1.45. The molecule has 0 radical (unpaired) electrons. The SMILES string of the molecule is CCN1CN(C)Cc2c1c(C)cc1c2S(=O)(=O)c2c-1cc(C)c(C)c2C. The van der Waals surface area contributed by atoms with Crippen LogP contribution in [0.3, 0.4) is 0 Å². The maximum Gasteiger partial charge on any atom is 0.208 e. The fourth-order valence-electron chi connectivity index (χ4n) is 4.60. The molecule has 0 bridgehead atoms. The van der Waals surface area contributed by atoms with Crippen molar-refractivity contribution in [3.05, 3.63) is 39.9 Å². The van der Waals surface area contributed by atoms with Crippen LogP contribution in [0.15, 0.2) is 21.9 Å². The standard InChI is InChI=1S/C21H26N2O2S/c1-7-23-11-22(6)10-18-19(23)13(3)9-17-16-8-12(2)14(4)15(5)20(16)26(24,25)21(17)18/h8-9H,7,10-11H2,1-6H3. The van der Waals surface area contributed by atoms with E-state index in [1.807, 2.05) is 13.8 Å². The lowest BCUT2D eigenvalue weighted by Gasteiger charge is -2.38. The van der Waals surface area contributed by atoms with Gasteiger partial charge in [0.15, 0.2) is 0 Å². The number of benzene rings is 2. The molecule has 2 heterocycles. The molecule has 26 heavy (non-hydrogen) atoms. The maximum atomic E-state index is 13.6. The topological polar surface area (TPSA) is 40.6 Å². The van der Waals surface area contributed by atoms with Crippen LogP contribution in [0, 0.1) is 27.7 Å². The van der Waals surface area contributed by atoms with Gasteiger partial charge in [-0.3, -0.25) is 4.90 Å². The van der Waals surface area contributed by atoms with Crippen molar-refractivity contribution in [3.8, 4) is 11.1 Å². The molecule has 0 unspecified atom stereocenters. The first-order valence-electron chi connectivity index (χ1n) is 9.14. The van der Waals surface area contributed by atoms with Crippen LogP contribution in [-0.4, -0.2) is 33.6 Å². The Bertz CT molecular complexity index is 1050. The minimum atomic E-state index is -3.50. The molecule has 5 heteroatoms. The van der Waals surface area contributed by atoms with Gasteiger partial charge in [0, 0.05) is 35.5 Å². The Morgan fingerprint density at radius 3 is 2.23 bits per heavy atom. The first-order chi connectivity index (χ1) is 12.2. The zero-order valence-corrected chi connectivity index (χ0v) is 17.2. The molecule has 0 N–H and O–H groups in total. The van der Waals surface area contributed by atoms with E-state index in [4.69, 9.17) is 0 Å². The van der Waals surface area contributed by atoms with E-state index >= 15 is 0 Å². The highest BCUT2D eigenvalue weighted by atomic mass is 32.2. The van der Waals surface area contributed by atoms with Gasteiger partial charge in [-0.05, 0) is 76.1 Å². The van der Waals surface area contributed by atoms with Crippen molar-refractivity contribution in [2.45, 2.75) is 51.0 Å². The minimum absolute atomic E-state index is 0.514. The van der Waals surface area contributed by atoms with Gasteiger partial charge in [-0.15, -0.1) is 0 Å². The van der Waals surface area contributed by atoms with E-state index in [1.54, 1.807) is 0 Å². The highest BCUT2D eigenvalue weighted by Crippen LogP contribution is 2.51. The van der Waals surface area contributed by atoms with Crippen molar-refractivity contribution in [1.29, 1.82) is 0 Å². The van der Waals surface area contributed by atoms with E-state index in [2.05, 4.69) is 49.8 Å². The number of aryl methyl sites for hydroxylation is 2. The van der Waals surface area contributed by atoms with Gasteiger partial charge in [-0.2, -0.15) is 0 Å². The van der Waals surface area contributed by atoms with E-state index in [-0.39, 0.29) is 0 Å². The van der Waals surface area contributed by atoms with Crippen molar-refractivity contribution in [3.63, 3.8) is 0 Å². The first-order valence-corrected chi connectivity index (χ1v) is 10.6. The Morgan fingerprint density at radius 2 is 1.58 bits per heavy atom. The van der Waals surface area contributed by atoms with Gasteiger partial charge in [-0.1, -0.05) is 0 Å². The molecule has 0 spiro atoms. The van der Waals surface area contributed by atoms with Gasteiger partial charge in [0.05, 0.1) is 16.5 Å². The zero-order valence-electron chi connectivity index (χ0n) is 16.4. The smallest absolute Gasteiger partial charge is 0.208 e. The average molecular weight is 371 g/mol. The van der Waals surface area contributed by atoms with E-state index in [0.717, 1.165) is 57.8 Å². The third-order valence-corrected chi connectivity index (χ3v) is 8.07. The van der Waals surface area contributed by atoms with Gasteiger partial charge in [0.2, 0.25) is 9.84 Å². The molecule has 2 aliphatic rings. The number of fused-ring (bicyclic) bond motifs is 5. The zero-order chi connectivity index (χ0) is 19.0. The summed E-state index contributed by atoms with van der Waals surface area (Å²) in [5.41, 5.74) is 8.08. The van der Waals surface area contributed by atoms with Crippen LogP contribution >= 0.6 is 0 Å². The van der Waals surface area contributed by atoms with Crippen LogP contribution in [0.25, 0.3) is 11.1 Å². The lowest BCUT2D eigenvalue weighted by molar-refractivity contribution is 0.307. The number of nitrogens with zero attached hydrogens (tertiary/aromatic N) is 2. The minimum Gasteiger partial charge on any atom is -0.358 e. The molecule has 2 aliphatic heterocycles. The molecule has 0 atom stereocenters. The predicted octanol–water partition coefficient (Wildman–Crippen LogP) is 3.96. The second-order valence-electron chi connectivity index (χ2n) is 7.73. The van der Waals surface area contributed by atoms with Crippen LogP contribution in [0.1, 0.15) is 34.7 Å². The summed E-state index contributed by atoms with van der Waals surface area (Å²) in [5.74, 6) is 0. The third-order valence-electron chi connectivity index (χ3n) is 6.00. The quantitative estimate of drug-likeness (QED) is 0.650. The fourth-order valence-corrected chi connectivity index (χ4v) is 6.76. The molecule has 4 nitrogen and oxygen atoms in total.